The van der Waals surface area contributed by atoms with E-state index < -0.39 is 0 Å². The first-order chi connectivity index (χ1) is 4.20. The first-order valence-electron chi connectivity index (χ1n) is 3.32. The molecule has 1 atom stereocenters. The van der Waals surface area contributed by atoms with Crippen LogP contribution in [-0.2, 0) is 4.74 Å². The van der Waals surface area contributed by atoms with Gasteiger partial charge < -0.3 is 4.74 Å². The van der Waals surface area contributed by atoms with Crippen LogP contribution in [-0.4, -0.2) is 13.0 Å². The summed E-state index contributed by atoms with van der Waals surface area (Å²) in [6, 6.07) is 0. The Hall–Kier alpha value is -0.530. The summed E-state index contributed by atoms with van der Waals surface area (Å²) < 4.78 is 4.71. The fraction of sp³-hybridized carbons (Fsp3) is 0.857. The van der Waals surface area contributed by atoms with Crippen molar-refractivity contribution in [2.24, 2.45) is 5.92 Å². The molecule has 0 aliphatic rings. The summed E-state index contributed by atoms with van der Waals surface area (Å²) in [6.45, 7) is 4.24. The Morgan fingerprint density at radius 1 is 1.67 bits per heavy atom. The number of rotatable bonds is 3. The van der Waals surface area contributed by atoms with E-state index in [0.29, 0.717) is 11.8 Å². The molecule has 2 heteroatoms. The maximum absolute atomic E-state index is 7.15. The van der Waals surface area contributed by atoms with Crippen molar-refractivity contribution in [2.45, 2.75) is 26.7 Å². The SMILES string of the molecule is CCC(C)CC(=N)OC. The second-order valence-electron chi connectivity index (χ2n) is 2.34. The molecule has 0 saturated heterocycles. The maximum atomic E-state index is 7.15. The van der Waals surface area contributed by atoms with Crippen LogP contribution in [0.1, 0.15) is 26.7 Å². The van der Waals surface area contributed by atoms with E-state index in [9.17, 15) is 0 Å². The van der Waals surface area contributed by atoms with E-state index in [-0.39, 0.29) is 0 Å². The molecule has 2 nitrogen and oxygen atoms in total. The van der Waals surface area contributed by atoms with Gasteiger partial charge in [-0.25, -0.2) is 0 Å². The zero-order chi connectivity index (χ0) is 7.28. The Balaban J connectivity index is 3.34. The van der Waals surface area contributed by atoms with Crippen LogP contribution in [0.4, 0.5) is 0 Å². The number of nitrogens with one attached hydrogen (secondary N) is 1. The van der Waals surface area contributed by atoms with E-state index in [1.807, 2.05) is 0 Å². The highest BCUT2D eigenvalue weighted by molar-refractivity contribution is 5.72. The lowest BCUT2D eigenvalue weighted by Crippen LogP contribution is -2.04. The van der Waals surface area contributed by atoms with Crippen LogP contribution in [0.25, 0.3) is 0 Å². The maximum Gasteiger partial charge on any atom is 0.180 e. The van der Waals surface area contributed by atoms with Crippen LogP contribution in [0.3, 0.4) is 0 Å². The molecule has 1 unspecified atom stereocenters. The zero-order valence-corrected chi connectivity index (χ0v) is 6.40. The lowest BCUT2D eigenvalue weighted by atomic mass is 10.1. The molecule has 0 aromatic rings. The third kappa shape index (κ3) is 4.01. The van der Waals surface area contributed by atoms with Gasteiger partial charge in [-0.05, 0) is 5.92 Å². The van der Waals surface area contributed by atoms with Crippen LogP contribution in [0.2, 0.25) is 0 Å². The van der Waals surface area contributed by atoms with Crippen molar-refractivity contribution in [3.8, 4) is 0 Å². The summed E-state index contributed by atoms with van der Waals surface area (Å²) in [5, 5.41) is 7.15. The van der Waals surface area contributed by atoms with E-state index in [2.05, 4.69) is 13.8 Å². The molecular formula is C7H15NO. The molecule has 9 heavy (non-hydrogen) atoms. The molecule has 1 N–H and O–H groups in total. The van der Waals surface area contributed by atoms with Gasteiger partial charge in [-0.3, -0.25) is 5.41 Å². The molecule has 54 valence electrons. The fourth-order valence-electron chi connectivity index (χ4n) is 0.544. The zero-order valence-electron chi connectivity index (χ0n) is 6.40. The van der Waals surface area contributed by atoms with Crippen molar-refractivity contribution >= 4 is 5.90 Å². The van der Waals surface area contributed by atoms with Crippen molar-refractivity contribution in [1.82, 2.24) is 0 Å². The molecule has 0 saturated carbocycles. The summed E-state index contributed by atoms with van der Waals surface area (Å²) >= 11 is 0. The molecule has 0 aromatic carbocycles. The Labute approximate surface area is 56.7 Å². The second-order valence-corrected chi connectivity index (χ2v) is 2.34. The number of methoxy groups -OCH3 is 1. The minimum atomic E-state index is 0.393. The molecular weight excluding hydrogens is 114 g/mol. The number of hydrogen-bond acceptors (Lipinski definition) is 2. The van der Waals surface area contributed by atoms with Gasteiger partial charge in [0.1, 0.15) is 0 Å². The lowest BCUT2D eigenvalue weighted by Gasteiger charge is -2.06. The van der Waals surface area contributed by atoms with Gasteiger partial charge in [0.15, 0.2) is 5.90 Å². The number of ether oxygens (including phenoxy) is 1. The summed E-state index contributed by atoms with van der Waals surface area (Å²) in [7, 11) is 1.55. The Bertz CT molecular complexity index is 90.9. The fourth-order valence-corrected chi connectivity index (χ4v) is 0.544. The van der Waals surface area contributed by atoms with Gasteiger partial charge in [0.05, 0.1) is 7.11 Å². The molecule has 0 rings (SSSR count). The largest absolute Gasteiger partial charge is 0.484 e. The molecule has 0 spiro atoms. The summed E-state index contributed by atoms with van der Waals surface area (Å²) in [5.74, 6) is 0.974. The van der Waals surface area contributed by atoms with Gasteiger partial charge in [0.2, 0.25) is 0 Å². The molecule has 0 heterocycles. The van der Waals surface area contributed by atoms with E-state index >= 15 is 0 Å². The normalized spacial score (nSPS) is 12.8. The highest BCUT2D eigenvalue weighted by Gasteiger charge is 2.01. The lowest BCUT2D eigenvalue weighted by molar-refractivity contribution is 0.371. The average molecular weight is 129 g/mol. The highest BCUT2D eigenvalue weighted by Crippen LogP contribution is 2.06. The van der Waals surface area contributed by atoms with Gasteiger partial charge in [0, 0.05) is 6.42 Å². The van der Waals surface area contributed by atoms with Crippen LogP contribution in [0, 0.1) is 11.3 Å². The smallest absolute Gasteiger partial charge is 0.180 e. The van der Waals surface area contributed by atoms with Gasteiger partial charge in [-0.15, -0.1) is 0 Å². The molecule has 0 bridgehead atoms. The average Bonchev–Trinajstić information content (AvgIpc) is 1.87. The van der Waals surface area contributed by atoms with E-state index in [0.717, 1.165) is 12.8 Å². The summed E-state index contributed by atoms with van der Waals surface area (Å²) in [5.41, 5.74) is 0. The Morgan fingerprint density at radius 3 is 2.56 bits per heavy atom. The third-order valence-electron chi connectivity index (χ3n) is 1.48. The van der Waals surface area contributed by atoms with E-state index in [4.69, 9.17) is 10.1 Å². The van der Waals surface area contributed by atoms with Gasteiger partial charge in [0.25, 0.3) is 0 Å². The molecule has 0 aliphatic carbocycles. The molecule has 0 radical (unpaired) electrons. The van der Waals surface area contributed by atoms with Crippen molar-refractivity contribution in [3.63, 3.8) is 0 Å². The second kappa shape index (κ2) is 4.36. The third-order valence-corrected chi connectivity index (χ3v) is 1.48. The minimum Gasteiger partial charge on any atom is -0.484 e. The molecule has 0 fully saturated rings. The summed E-state index contributed by atoms with van der Waals surface area (Å²) in [6.07, 6.45) is 1.89. The Morgan fingerprint density at radius 2 is 2.22 bits per heavy atom. The monoisotopic (exact) mass is 129 g/mol. The first kappa shape index (κ1) is 8.47. The van der Waals surface area contributed by atoms with Crippen molar-refractivity contribution in [3.05, 3.63) is 0 Å². The van der Waals surface area contributed by atoms with Crippen LogP contribution in [0.15, 0.2) is 0 Å². The summed E-state index contributed by atoms with van der Waals surface area (Å²) in [4.78, 5) is 0. The Kier molecular flexibility index (Phi) is 4.10. The topological polar surface area (TPSA) is 33.1 Å². The quantitative estimate of drug-likeness (QED) is 0.459. The van der Waals surface area contributed by atoms with E-state index in [1.54, 1.807) is 7.11 Å². The van der Waals surface area contributed by atoms with Crippen molar-refractivity contribution in [2.75, 3.05) is 7.11 Å². The minimum absolute atomic E-state index is 0.393. The van der Waals surface area contributed by atoms with E-state index in [1.165, 1.54) is 0 Å². The van der Waals surface area contributed by atoms with Crippen molar-refractivity contribution < 1.29 is 4.74 Å². The van der Waals surface area contributed by atoms with Crippen molar-refractivity contribution in [1.29, 1.82) is 5.41 Å². The standard InChI is InChI=1S/C7H15NO/c1-4-6(2)5-7(8)9-3/h6,8H,4-5H2,1-3H3. The van der Waals surface area contributed by atoms with Crippen LogP contribution >= 0.6 is 0 Å². The van der Waals surface area contributed by atoms with Gasteiger partial charge in [-0.1, -0.05) is 20.3 Å². The van der Waals surface area contributed by atoms with Gasteiger partial charge in [-0.2, -0.15) is 0 Å². The predicted molar refractivity (Wildman–Crippen MR) is 38.8 cm³/mol. The van der Waals surface area contributed by atoms with Gasteiger partial charge >= 0.3 is 0 Å². The molecule has 0 amide bonds. The van der Waals surface area contributed by atoms with Crippen LogP contribution in [0.5, 0.6) is 0 Å². The predicted octanol–water partition coefficient (Wildman–Crippen LogP) is 2.05. The van der Waals surface area contributed by atoms with Crippen LogP contribution < -0.4 is 0 Å². The number of hydrogen-bond donors (Lipinski definition) is 1. The molecule has 0 aromatic heterocycles. The highest BCUT2D eigenvalue weighted by atomic mass is 16.5. The first-order valence-corrected chi connectivity index (χ1v) is 3.32. The molecule has 0 aliphatic heterocycles.